The van der Waals surface area contributed by atoms with E-state index in [0.29, 0.717) is 0 Å². The summed E-state index contributed by atoms with van der Waals surface area (Å²) in [6.45, 7) is 9.10. The largest absolute Gasteiger partial charge is 0.367 e. The summed E-state index contributed by atoms with van der Waals surface area (Å²) in [5.74, 6) is 0. The molecule has 0 spiro atoms. The van der Waals surface area contributed by atoms with Crippen LogP contribution in [0.3, 0.4) is 0 Å². The molecular formula is C20H28N4. The number of nitrogens with zero attached hydrogens (tertiary/aromatic N) is 3. The number of aromatic amines is 1. The predicted molar refractivity (Wildman–Crippen MR) is 106 cm³/mol. The summed E-state index contributed by atoms with van der Waals surface area (Å²) >= 11 is 0. The molecule has 3 aliphatic rings. The summed E-state index contributed by atoms with van der Waals surface area (Å²) in [6.07, 6.45) is 17.7. The van der Waals surface area contributed by atoms with E-state index in [0.717, 1.165) is 19.4 Å². The smallest absolute Gasteiger partial charge is 0.0576 e. The van der Waals surface area contributed by atoms with Crippen LogP contribution in [-0.2, 0) is 0 Å². The van der Waals surface area contributed by atoms with Crippen molar-refractivity contribution < 1.29 is 0 Å². The Morgan fingerprint density at radius 2 is 1.92 bits per heavy atom. The van der Waals surface area contributed by atoms with Gasteiger partial charge in [0.1, 0.15) is 0 Å². The molecule has 1 aromatic rings. The molecule has 0 saturated heterocycles. The first-order valence-electron chi connectivity index (χ1n) is 8.19. The number of aryl methyl sites for hydroxylation is 1. The van der Waals surface area contributed by atoms with Crippen molar-refractivity contribution in [1.82, 2.24) is 4.98 Å². The van der Waals surface area contributed by atoms with Crippen molar-refractivity contribution in [2.24, 2.45) is 15.0 Å². The second-order valence-electron chi connectivity index (χ2n) is 5.80. The molecule has 4 heteroatoms. The van der Waals surface area contributed by atoms with Gasteiger partial charge in [-0.1, -0.05) is 12.2 Å². The van der Waals surface area contributed by atoms with E-state index in [-0.39, 0.29) is 0 Å². The maximum atomic E-state index is 3.97. The second kappa shape index (κ2) is 12.0. The minimum atomic E-state index is 0.895. The first kappa shape index (κ1) is 19.6. The van der Waals surface area contributed by atoms with Crippen molar-refractivity contribution in [2.75, 3.05) is 6.54 Å². The van der Waals surface area contributed by atoms with E-state index in [4.69, 9.17) is 0 Å². The molecule has 0 saturated carbocycles. The van der Waals surface area contributed by atoms with Gasteiger partial charge in [-0.15, -0.1) is 0 Å². The zero-order valence-electron chi connectivity index (χ0n) is 15.2. The minimum absolute atomic E-state index is 0.895. The maximum Gasteiger partial charge on any atom is 0.0576 e. The SMILES string of the molecule is CC1=CCN=C1.CC1=CN=CC1.CC1=NC=CC1.Cc1cc[nH]c1. The van der Waals surface area contributed by atoms with Crippen molar-refractivity contribution in [3.8, 4) is 0 Å². The van der Waals surface area contributed by atoms with Gasteiger partial charge in [0.25, 0.3) is 0 Å². The minimum Gasteiger partial charge on any atom is -0.367 e. The summed E-state index contributed by atoms with van der Waals surface area (Å²) in [6, 6.07) is 2.03. The van der Waals surface area contributed by atoms with Crippen molar-refractivity contribution in [2.45, 2.75) is 40.5 Å². The molecule has 0 radical (unpaired) electrons. The Labute approximate surface area is 145 Å². The lowest BCUT2D eigenvalue weighted by Crippen LogP contribution is -1.78. The molecule has 4 heterocycles. The summed E-state index contributed by atoms with van der Waals surface area (Å²) in [5, 5.41) is 0. The van der Waals surface area contributed by atoms with Gasteiger partial charge < -0.3 is 4.98 Å². The van der Waals surface area contributed by atoms with Crippen LogP contribution >= 0.6 is 0 Å². The Bertz CT molecular complexity index is 610. The van der Waals surface area contributed by atoms with Crippen molar-refractivity contribution in [3.63, 3.8) is 0 Å². The molecule has 4 nitrogen and oxygen atoms in total. The van der Waals surface area contributed by atoms with Crippen molar-refractivity contribution in [1.29, 1.82) is 0 Å². The van der Waals surface area contributed by atoms with Crippen LogP contribution in [0.15, 0.2) is 69.1 Å². The Morgan fingerprint density at radius 3 is 2.08 bits per heavy atom. The molecule has 1 aromatic heterocycles. The fourth-order valence-electron chi connectivity index (χ4n) is 1.74. The zero-order valence-corrected chi connectivity index (χ0v) is 15.2. The Morgan fingerprint density at radius 1 is 1.08 bits per heavy atom. The van der Waals surface area contributed by atoms with E-state index < -0.39 is 0 Å². The molecule has 24 heavy (non-hydrogen) atoms. The van der Waals surface area contributed by atoms with Gasteiger partial charge in [0.2, 0.25) is 0 Å². The van der Waals surface area contributed by atoms with Gasteiger partial charge in [0.05, 0.1) is 6.54 Å². The average molecular weight is 324 g/mol. The monoisotopic (exact) mass is 324 g/mol. The Balaban J connectivity index is 0.000000160. The third kappa shape index (κ3) is 10.3. The lowest BCUT2D eigenvalue weighted by Gasteiger charge is -1.76. The van der Waals surface area contributed by atoms with Crippen LogP contribution in [0.1, 0.15) is 39.2 Å². The molecule has 0 amide bonds. The van der Waals surface area contributed by atoms with Gasteiger partial charge in [0.15, 0.2) is 0 Å². The third-order valence-corrected chi connectivity index (χ3v) is 3.19. The van der Waals surface area contributed by atoms with Crippen LogP contribution < -0.4 is 0 Å². The molecule has 3 aliphatic heterocycles. The predicted octanol–water partition coefficient (Wildman–Crippen LogP) is 5.07. The molecule has 0 atom stereocenters. The maximum absolute atomic E-state index is 3.97. The average Bonchev–Trinajstić information content (AvgIpc) is 3.31. The molecular weight excluding hydrogens is 296 g/mol. The Kier molecular flexibility index (Phi) is 9.78. The van der Waals surface area contributed by atoms with E-state index >= 15 is 0 Å². The van der Waals surface area contributed by atoms with Crippen molar-refractivity contribution >= 4 is 18.1 Å². The van der Waals surface area contributed by atoms with Gasteiger partial charge in [-0.2, -0.15) is 0 Å². The normalized spacial score (nSPS) is 16.1. The fourth-order valence-corrected chi connectivity index (χ4v) is 1.74. The lowest BCUT2D eigenvalue weighted by atomic mass is 10.3. The molecule has 0 bridgehead atoms. The van der Waals surface area contributed by atoms with Crippen LogP contribution in [0.5, 0.6) is 0 Å². The standard InChI is InChI=1S/4C5H7N/c3*1-5-2-3-6-4-5;1-5-3-2-4-6-5/h3-4H,2H2,1H3;2,4H,3H2,1H3;2-4,6H,1H3;2,4H,3H2,1H3. The van der Waals surface area contributed by atoms with Gasteiger partial charge in [-0.3, -0.25) is 15.0 Å². The molecule has 0 unspecified atom stereocenters. The molecule has 0 aliphatic carbocycles. The Hall–Kier alpha value is -2.49. The molecule has 1 N–H and O–H groups in total. The molecule has 0 aromatic carbocycles. The first-order valence-corrected chi connectivity index (χ1v) is 8.19. The van der Waals surface area contributed by atoms with Gasteiger partial charge in [-0.05, 0) is 50.5 Å². The highest BCUT2D eigenvalue weighted by molar-refractivity contribution is 5.85. The third-order valence-electron chi connectivity index (χ3n) is 3.19. The highest BCUT2D eigenvalue weighted by Gasteiger charge is 1.88. The second-order valence-corrected chi connectivity index (χ2v) is 5.80. The number of aliphatic imine (C=N–C) groups is 3. The quantitative estimate of drug-likeness (QED) is 0.693. The van der Waals surface area contributed by atoms with Gasteiger partial charge >= 0.3 is 0 Å². The summed E-state index contributed by atoms with van der Waals surface area (Å²) < 4.78 is 0. The fraction of sp³-hybridized carbons (Fsp3) is 0.350. The summed E-state index contributed by atoms with van der Waals surface area (Å²) in [4.78, 5) is 14.7. The number of allylic oxidation sites excluding steroid dienone is 3. The van der Waals surface area contributed by atoms with E-state index in [1.54, 1.807) is 0 Å². The number of hydrogen-bond donors (Lipinski definition) is 1. The van der Waals surface area contributed by atoms with E-state index in [1.807, 2.05) is 50.2 Å². The van der Waals surface area contributed by atoms with Crippen LogP contribution in [-0.4, -0.2) is 29.7 Å². The molecule has 128 valence electrons. The van der Waals surface area contributed by atoms with Gasteiger partial charge in [0, 0.05) is 55.8 Å². The summed E-state index contributed by atoms with van der Waals surface area (Å²) in [7, 11) is 0. The number of aromatic nitrogens is 1. The highest BCUT2D eigenvalue weighted by atomic mass is 14.7. The van der Waals surface area contributed by atoms with Crippen LogP contribution in [0, 0.1) is 6.92 Å². The zero-order chi connectivity index (χ0) is 17.6. The van der Waals surface area contributed by atoms with Gasteiger partial charge in [-0.25, -0.2) is 0 Å². The molecule has 4 rings (SSSR count). The lowest BCUT2D eigenvalue weighted by molar-refractivity contribution is 1.29. The van der Waals surface area contributed by atoms with Crippen LogP contribution in [0.25, 0.3) is 0 Å². The van der Waals surface area contributed by atoms with Crippen LogP contribution in [0.4, 0.5) is 0 Å². The van der Waals surface area contributed by atoms with Crippen LogP contribution in [0.2, 0.25) is 0 Å². The first-order chi connectivity index (χ1) is 11.6. The number of rotatable bonds is 0. The topological polar surface area (TPSA) is 52.9 Å². The van der Waals surface area contributed by atoms with E-state index in [2.05, 4.69) is 52.9 Å². The number of nitrogens with one attached hydrogen (secondary N) is 1. The van der Waals surface area contributed by atoms with Crippen molar-refractivity contribution in [3.05, 3.63) is 59.7 Å². The summed E-state index contributed by atoms with van der Waals surface area (Å²) in [5.41, 5.74) is 5.15. The number of hydrogen-bond acceptors (Lipinski definition) is 3. The van der Waals surface area contributed by atoms with E-state index in [1.165, 1.54) is 22.4 Å². The number of H-pyrrole nitrogens is 1. The van der Waals surface area contributed by atoms with E-state index in [9.17, 15) is 0 Å². The molecule has 0 fully saturated rings. The highest BCUT2D eigenvalue weighted by Crippen LogP contribution is 2.02.